The molecule has 1 aromatic carbocycles. The van der Waals surface area contributed by atoms with E-state index >= 15 is 0 Å². The van der Waals surface area contributed by atoms with E-state index in [9.17, 15) is 4.79 Å². The van der Waals surface area contributed by atoms with Gasteiger partial charge in [0.25, 0.3) is 0 Å². The van der Waals surface area contributed by atoms with Gasteiger partial charge in [-0.1, -0.05) is 37.3 Å². The Labute approximate surface area is 131 Å². The van der Waals surface area contributed by atoms with Crippen molar-refractivity contribution in [3.8, 4) is 0 Å². The fraction of sp³-hybridized carbons (Fsp3) is 0.444. The molecule has 1 aliphatic rings. The average Bonchev–Trinajstić information content (AvgIpc) is 2.95. The van der Waals surface area contributed by atoms with Crippen LogP contribution in [0.1, 0.15) is 36.8 Å². The Kier molecular flexibility index (Phi) is 4.01. The standard InChI is InChI=1S/C18H23N3O/c1-14-12-19-16(20-14)9-11-21-13-18(2,10-8-17(21)22)15-6-4-3-5-7-15/h3-7,12H,8-11,13H2,1-2H3,(H,19,20)/t18-/m1/s1. The van der Waals surface area contributed by atoms with E-state index in [0.29, 0.717) is 6.42 Å². The van der Waals surface area contributed by atoms with E-state index < -0.39 is 0 Å². The van der Waals surface area contributed by atoms with Crippen LogP contribution in [-0.4, -0.2) is 33.9 Å². The lowest BCUT2D eigenvalue weighted by Crippen LogP contribution is -2.48. The molecule has 1 aliphatic heterocycles. The van der Waals surface area contributed by atoms with Gasteiger partial charge in [0.15, 0.2) is 0 Å². The molecule has 1 atom stereocenters. The summed E-state index contributed by atoms with van der Waals surface area (Å²) in [6.45, 7) is 5.78. The molecule has 0 spiro atoms. The molecule has 0 saturated carbocycles. The number of rotatable bonds is 4. The van der Waals surface area contributed by atoms with E-state index in [-0.39, 0.29) is 11.3 Å². The quantitative estimate of drug-likeness (QED) is 0.943. The summed E-state index contributed by atoms with van der Waals surface area (Å²) in [5.74, 6) is 1.22. The summed E-state index contributed by atoms with van der Waals surface area (Å²) < 4.78 is 0. The zero-order valence-electron chi connectivity index (χ0n) is 13.3. The second kappa shape index (κ2) is 5.95. The highest BCUT2D eigenvalue weighted by Crippen LogP contribution is 2.34. The van der Waals surface area contributed by atoms with Crippen molar-refractivity contribution in [2.45, 2.75) is 38.5 Å². The first kappa shape index (κ1) is 14.8. The maximum absolute atomic E-state index is 12.2. The normalized spacial score (nSPS) is 22.1. The van der Waals surface area contributed by atoms with Crippen LogP contribution < -0.4 is 0 Å². The monoisotopic (exact) mass is 297 g/mol. The molecule has 1 N–H and O–H groups in total. The zero-order chi connectivity index (χ0) is 15.6. The third kappa shape index (κ3) is 3.06. The van der Waals surface area contributed by atoms with Gasteiger partial charge in [0.1, 0.15) is 5.82 Å². The van der Waals surface area contributed by atoms with Crippen molar-refractivity contribution in [2.24, 2.45) is 0 Å². The number of nitrogens with one attached hydrogen (secondary N) is 1. The third-order valence-corrected chi connectivity index (χ3v) is 4.63. The molecule has 4 nitrogen and oxygen atoms in total. The second-order valence-electron chi connectivity index (χ2n) is 6.50. The smallest absolute Gasteiger partial charge is 0.222 e. The molecule has 116 valence electrons. The average molecular weight is 297 g/mol. The van der Waals surface area contributed by atoms with Crippen molar-refractivity contribution >= 4 is 5.91 Å². The van der Waals surface area contributed by atoms with E-state index in [4.69, 9.17) is 0 Å². The van der Waals surface area contributed by atoms with Crippen LogP contribution in [0.15, 0.2) is 36.5 Å². The Balaban J connectivity index is 1.69. The van der Waals surface area contributed by atoms with Crippen molar-refractivity contribution in [3.63, 3.8) is 0 Å². The predicted molar refractivity (Wildman–Crippen MR) is 86.6 cm³/mol. The number of H-pyrrole nitrogens is 1. The summed E-state index contributed by atoms with van der Waals surface area (Å²) in [6.07, 6.45) is 4.17. The SMILES string of the molecule is Cc1cnc(CCN2C[C@](C)(c3ccccc3)CCC2=O)[nH]1. The Morgan fingerprint density at radius 2 is 2.09 bits per heavy atom. The van der Waals surface area contributed by atoms with Gasteiger partial charge >= 0.3 is 0 Å². The molecule has 2 aromatic rings. The Morgan fingerprint density at radius 1 is 1.32 bits per heavy atom. The summed E-state index contributed by atoms with van der Waals surface area (Å²) in [4.78, 5) is 21.8. The number of likely N-dealkylation sites (tertiary alicyclic amines) is 1. The van der Waals surface area contributed by atoms with Crippen molar-refractivity contribution < 1.29 is 4.79 Å². The van der Waals surface area contributed by atoms with Crippen LogP contribution in [0.25, 0.3) is 0 Å². The van der Waals surface area contributed by atoms with Crippen molar-refractivity contribution in [1.29, 1.82) is 0 Å². The second-order valence-corrected chi connectivity index (χ2v) is 6.50. The maximum Gasteiger partial charge on any atom is 0.222 e. The summed E-state index contributed by atoms with van der Waals surface area (Å²) in [5.41, 5.74) is 2.43. The van der Waals surface area contributed by atoms with Gasteiger partial charge in [0.2, 0.25) is 5.91 Å². The van der Waals surface area contributed by atoms with Gasteiger partial charge in [-0.25, -0.2) is 4.98 Å². The van der Waals surface area contributed by atoms with Gasteiger partial charge in [0, 0.05) is 43.2 Å². The molecule has 2 heterocycles. The molecule has 1 aromatic heterocycles. The molecule has 22 heavy (non-hydrogen) atoms. The molecule has 1 amide bonds. The molecular formula is C18H23N3O. The van der Waals surface area contributed by atoms with Crippen molar-refractivity contribution in [1.82, 2.24) is 14.9 Å². The maximum atomic E-state index is 12.2. The third-order valence-electron chi connectivity index (χ3n) is 4.63. The largest absolute Gasteiger partial charge is 0.346 e. The molecule has 1 fully saturated rings. The lowest BCUT2D eigenvalue weighted by Gasteiger charge is -2.40. The molecule has 3 rings (SSSR count). The highest BCUT2D eigenvalue weighted by Gasteiger charge is 2.35. The summed E-state index contributed by atoms with van der Waals surface area (Å²) in [7, 11) is 0. The van der Waals surface area contributed by atoms with Crippen molar-refractivity contribution in [2.75, 3.05) is 13.1 Å². The molecule has 0 bridgehead atoms. The first-order valence-electron chi connectivity index (χ1n) is 7.91. The number of hydrogen-bond acceptors (Lipinski definition) is 2. The molecular weight excluding hydrogens is 274 g/mol. The van der Waals surface area contributed by atoms with E-state index in [2.05, 4.69) is 41.2 Å². The minimum absolute atomic E-state index is 0.0499. The molecule has 0 radical (unpaired) electrons. The number of aryl methyl sites for hydroxylation is 1. The van der Waals surface area contributed by atoms with E-state index in [1.54, 1.807) is 0 Å². The fourth-order valence-electron chi connectivity index (χ4n) is 3.24. The number of amides is 1. The van der Waals surface area contributed by atoms with Gasteiger partial charge < -0.3 is 9.88 Å². The Bertz CT molecular complexity index is 649. The lowest BCUT2D eigenvalue weighted by molar-refractivity contribution is -0.135. The van der Waals surface area contributed by atoms with Crippen LogP contribution in [0.4, 0.5) is 0 Å². The summed E-state index contributed by atoms with van der Waals surface area (Å²) in [5, 5.41) is 0. The van der Waals surface area contributed by atoms with Crippen molar-refractivity contribution in [3.05, 3.63) is 53.6 Å². The van der Waals surface area contributed by atoms with Crippen LogP contribution >= 0.6 is 0 Å². The summed E-state index contributed by atoms with van der Waals surface area (Å²) >= 11 is 0. The van der Waals surface area contributed by atoms with Gasteiger partial charge in [-0.15, -0.1) is 0 Å². The van der Waals surface area contributed by atoms with E-state index in [0.717, 1.165) is 37.4 Å². The van der Waals surface area contributed by atoms with Gasteiger partial charge in [0.05, 0.1) is 0 Å². The number of benzene rings is 1. The van der Waals surface area contributed by atoms with E-state index in [1.165, 1.54) is 5.56 Å². The number of carbonyl (C=O) groups excluding carboxylic acids is 1. The lowest BCUT2D eigenvalue weighted by atomic mass is 9.75. The minimum Gasteiger partial charge on any atom is -0.346 e. The number of aromatic nitrogens is 2. The Hall–Kier alpha value is -2.10. The number of hydrogen-bond donors (Lipinski definition) is 1. The molecule has 1 saturated heterocycles. The number of carbonyl (C=O) groups is 1. The molecule has 0 aliphatic carbocycles. The molecule has 4 heteroatoms. The first-order chi connectivity index (χ1) is 10.6. The topological polar surface area (TPSA) is 49.0 Å². The van der Waals surface area contributed by atoms with Crippen LogP contribution in [-0.2, 0) is 16.6 Å². The Morgan fingerprint density at radius 3 is 2.77 bits per heavy atom. The van der Waals surface area contributed by atoms with Crippen LogP contribution in [0, 0.1) is 6.92 Å². The van der Waals surface area contributed by atoms with Crippen LogP contribution in [0.2, 0.25) is 0 Å². The highest BCUT2D eigenvalue weighted by molar-refractivity contribution is 5.77. The fourth-order valence-corrected chi connectivity index (χ4v) is 3.24. The van der Waals surface area contributed by atoms with Crippen LogP contribution in [0.5, 0.6) is 0 Å². The first-order valence-corrected chi connectivity index (χ1v) is 7.91. The minimum atomic E-state index is 0.0499. The number of imidazole rings is 1. The predicted octanol–water partition coefficient (Wildman–Crippen LogP) is 2.84. The van der Waals surface area contributed by atoms with Gasteiger partial charge in [-0.05, 0) is 18.9 Å². The highest BCUT2D eigenvalue weighted by atomic mass is 16.2. The number of aromatic amines is 1. The number of piperidine rings is 1. The van der Waals surface area contributed by atoms with Gasteiger partial charge in [-0.2, -0.15) is 0 Å². The van der Waals surface area contributed by atoms with E-state index in [1.807, 2.05) is 24.1 Å². The molecule has 0 unspecified atom stereocenters. The van der Waals surface area contributed by atoms with Gasteiger partial charge in [-0.3, -0.25) is 4.79 Å². The number of nitrogens with zero attached hydrogens (tertiary/aromatic N) is 2. The zero-order valence-corrected chi connectivity index (χ0v) is 13.3. The summed E-state index contributed by atoms with van der Waals surface area (Å²) in [6, 6.07) is 10.5. The van der Waals surface area contributed by atoms with Crippen LogP contribution in [0.3, 0.4) is 0 Å².